The third-order valence-electron chi connectivity index (χ3n) is 2.33. The predicted octanol–water partition coefficient (Wildman–Crippen LogP) is 0.595. The van der Waals surface area contributed by atoms with E-state index >= 15 is 0 Å². The number of rotatable bonds is 5. The molecule has 96 valence electrons. The number of nitrogen functional groups attached to an aromatic ring is 1. The van der Waals surface area contributed by atoms with Crippen molar-refractivity contribution in [3.05, 3.63) is 18.5 Å². The van der Waals surface area contributed by atoms with E-state index in [-0.39, 0.29) is 11.5 Å². The summed E-state index contributed by atoms with van der Waals surface area (Å²) in [6.45, 7) is 3.22. The molecule has 17 heavy (non-hydrogen) atoms. The van der Waals surface area contributed by atoms with Crippen molar-refractivity contribution in [2.24, 2.45) is 0 Å². The van der Waals surface area contributed by atoms with E-state index in [0.717, 1.165) is 0 Å². The summed E-state index contributed by atoms with van der Waals surface area (Å²) in [6, 6.07) is 1.55. The Hall–Kier alpha value is -0.950. The number of nitrogens with two attached hydrogens (primary N) is 1. The third kappa shape index (κ3) is 3.78. The molecule has 0 aliphatic rings. The maximum atomic E-state index is 11.9. The van der Waals surface area contributed by atoms with Crippen LogP contribution in [-0.2, 0) is 20.6 Å². The molecule has 1 heterocycles. The van der Waals surface area contributed by atoms with Gasteiger partial charge < -0.3 is 5.73 Å². The summed E-state index contributed by atoms with van der Waals surface area (Å²) in [6.07, 6.45) is 2.89. The van der Waals surface area contributed by atoms with Crippen LogP contribution in [0.15, 0.2) is 23.4 Å². The summed E-state index contributed by atoms with van der Waals surface area (Å²) < 4.78 is 35.0. The highest BCUT2D eigenvalue weighted by Gasteiger charge is 2.18. The summed E-state index contributed by atoms with van der Waals surface area (Å²) in [7, 11) is -4.57. The molecule has 1 aromatic rings. The zero-order valence-corrected chi connectivity index (χ0v) is 11.4. The molecule has 0 fully saturated rings. The summed E-state index contributed by atoms with van der Waals surface area (Å²) in [5.74, 6) is -0.0340. The van der Waals surface area contributed by atoms with E-state index in [1.165, 1.54) is 12.4 Å². The first-order valence-electron chi connectivity index (χ1n) is 5.14. The minimum absolute atomic E-state index is 0.0642. The average Bonchev–Trinajstić information content (AvgIpc) is 2.26. The van der Waals surface area contributed by atoms with E-state index in [1.54, 1.807) is 19.9 Å². The van der Waals surface area contributed by atoms with Gasteiger partial charge >= 0.3 is 0 Å². The highest BCUT2D eigenvalue weighted by atomic mass is 32.2. The quantitative estimate of drug-likeness (QED) is 0.850. The van der Waals surface area contributed by atoms with Gasteiger partial charge in [-0.3, -0.25) is 9.19 Å². The largest absolute Gasteiger partial charge is 0.396 e. The lowest BCUT2D eigenvalue weighted by molar-refractivity contribution is 0.588. The molecule has 0 saturated heterocycles. The summed E-state index contributed by atoms with van der Waals surface area (Å²) in [5, 5.41) is -0.450. The van der Waals surface area contributed by atoms with Gasteiger partial charge in [-0.15, -0.1) is 0 Å². The third-order valence-corrected chi connectivity index (χ3v) is 6.23. The van der Waals surface area contributed by atoms with Gasteiger partial charge in [-0.2, -0.15) is 0 Å². The first-order valence-corrected chi connectivity index (χ1v) is 8.17. The fourth-order valence-corrected chi connectivity index (χ4v) is 3.89. The second kappa shape index (κ2) is 5.59. The SMILES string of the molecule is CC(C)S(=O)(=O)CCS(=O)c1ccncc1N. The molecule has 0 aliphatic heterocycles. The zero-order chi connectivity index (χ0) is 13.1. The second-order valence-electron chi connectivity index (χ2n) is 3.88. The van der Waals surface area contributed by atoms with Crippen molar-refractivity contribution >= 4 is 26.3 Å². The fourth-order valence-electron chi connectivity index (χ4n) is 1.14. The summed E-state index contributed by atoms with van der Waals surface area (Å²) in [4.78, 5) is 4.23. The van der Waals surface area contributed by atoms with E-state index in [9.17, 15) is 12.6 Å². The van der Waals surface area contributed by atoms with Gasteiger partial charge in [0.1, 0.15) is 0 Å². The lowest BCUT2D eigenvalue weighted by Gasteiger charge is -2.08. The summed E-state index contributed by atoms with van der Waals surface area (Å²) in [5.41, 5.74) is 5.94. The molecule has 0 saturated carbocycles. The van der Waals surface area contributed by atoms with Crippen molar-refractivity contribution in [1.82, 2.24) is 4.98 Å². The van der Waals surface area contributed by atoms with Crippen LogP contribution in [0, 0.1) is 0 Å². The molecule has 5 nitrogen and oxygen atoms in total. The molecule has 0 aromatic carbocycles. The van der Waals surface area contributed by atoms with E-state index in [1.807, 2.05) is 0 Å². The zero-order valence-electron chi connectivity index (χ0n) is 9.79. The van der Waals surface area contributed by atoms with Crippen LogP contribution in [0.2, 0.25) is 0 Å². The number of nitrogens with zero attached hydrogens (tertiary/aromatic N) is 1. The lowest BCUT2D eigenvalue weighted by Crippen LogP contribution is -2.21. The van der Waals surface area contributed by atoms with E-state index in [4.69, 9.17) is 5.73 Å². The fraction of sp³-hybridized carbons (Fsp3) is 0.500. The molecular formula is C10H16N2O3S2. The molecule has 2 N–H and O–H groups in total. The highest BCUT2D eigenvalue weighted by Crippen LogP contribution is 2.14. The van der Waals surface area contributed by atoms with Gasteiger partial charge in [-0.25, -0.2) is 8.42 Å². The van der Waals surface area contributed by atoms with Gasteiger partial charge in [0.2, 0.25) is 0 Å². The molecule has 0 amide bonds. The van der Waals surface area contributed by atoms with Crippen molar-refractivity contribution in [3.63, 3.8) is 0 Å². The number of aromatic nitrogens is 1. The maximum absolute atomic E-state index is 11.9. The van der Waals surface area contributed by atoms with Crippen LogP contribution in [0.5, 0.6) is 0 Å². The first kappa shape index (κ1) is 14.1. The molecule has 1 aromatic heterocycles. The molecule has 1 atom stereocenters. The average molecular weight is 276 g/mol. The Bertz CT molecular complexity index is 512. The monoisotopic (exact) mass is 276 g/mol. The van der Waals surface area contributed by atoms with Crippen LogP contribution in [-0.4, -0.2) is 34.4 Å². The van der Waals surface area contributed by atoms with Crippen molar-refractivity contribution in [2.75, 3.05) is 17.2 Å². The van der Waals surface area contributed by atoms with Gasteiger partial charge in [-0.05, 0) is 19.9 Å². The van der Waals surface area contributed by atoms with E-state index in [2.05, 4.69) is 4.98 Å². The lowest BCUT2D eigenvalue weighted by atomic mass is 10.4. The molecular weight excluding hydrogens is 260 g/mol. The van der Waals surface area contributed by atoms with Gasteiger partial charge in [0.05, 0.1) is 38.6 Å². The van der Waals surface area contributed by atoms with Gasteiger partial charge in [-0.1, -0.05) is 0 Å². The molecule has 7 heteroatoms. The molecule has 1 rings (SSSR count). The molecule has 0 radical (unpaired) electrons. The predicted molar refractivity (Wildman–Crippen MR) is 68.8 cm³/mol. The van der Waals surface area contributed by atoms with Gasteiger partial charge in [0.15, 0.2) is 9.84 Å². The Morgan fingerprint density at radius 2 is 2.12 bits per heavy atom. The first-order chi connectivity index (χ1) is 7.84. The number of pyridine rings is 1. The number of sulfone groups is 1. The van der Waals surface area contributed by atoms with Crippen molar-refractivity contribution in [1.29, 1.82) is 0 Å². The van der Waals surface area contributed by atoms with Crippen LogP contribution in [0.3, 0.4) is 0 Å². The van der Waals surface area contributed by atoms with Crippen LogP contribution >= 0.6 is 0 Å². The summed E-state index contributed by atoms with van der Waals surface area (Å²) >= 11 is 0. The number of anilines is 1. The minimum Gasteiger partial charge on any atom is -0.396 e. The van der Waals surface area contributed by atoms with Crippen LogP contribution in [0.1, 0.15) is 13.8 Å². The van der Waals surface area contributed by atoms with Gasteiger partial charge in [0.25, 0.3) is 0 Å². The topological polar surface area (TPSA) is 90.1 Å². The standard InChI is InChI=1S/C10H16N2O3S2/c1-8(2)17(14,15)6-5-16(13)10-3-4-12-7-9(10)11/h3-4,7-8H,5-6,11H2,1-2H3. The second-order valence-corrected chi connectivity index (χ2v) is 8.09. The van der Waals surface area contributed by atoms with Gasteiger partial charge in [0, 0.05) is 11.9 Å². The normalized spacial score (nSPS) is 13.8. The highest BCUT2D eigenvalue weighted by molar-refractivity contribution is 7.93. The van der Waals surface area contributed by atoms with Crippen LogP contribution in [0.4, 0.5) is 5.69 Å². The van der Waals surface area contributed by atoms with Crippen LogP contribution < -0.4 is 5.73 Å². The Kier molecular flexibility index (Phi) is 4.64. The smallest absolute Gasteiger partial charge is 0.153 e. The van der Waals surface area contributed by atoms with Crippen molar-refractivity contribution in [2.45, 2.75) is 24.0 Å². The number of hydrogen-bond acceptors (Lipinski definition) is 5. The molecule has 0 bridgehead atoms. The van der Waals surface area contributed by atoms with Crippen molar-refractivity contribution < 1.29 is 12.6 Å². The Morgan fingerprint density at radius 1 is 1.47 bits per heavy atom. The Morgan fingerprint density at radius 3 is 2.65 bits per heavy atom. The van der Waals surface area contributed by atoms with E-state index in [0.29, 0.717) is 10.6 Å². The van der Waals surface area contributed by atoms with Crippen LogP contribution in [0.25, 0.3) is 0 Å². The molecule has 0 aliphatic carbocycles. The Balaban J connectivity index is 2.73. The minimum atomic E-state index is -3.16. The number of hydrogen-bond donors (Lipinski definition) is 1. The molecule has 1 unspecified atom stereocenters. The van der Waals surface area contributed by atoms with E-state index < -0.39 is 25.9 Å². The molecule has 0 spiro atoms. The van der Waals surface area contributed by atoms with Crippen molar-refractivity contribution in [3.8, 4) is 0 Å². The Labute approximate surface area is 104 Å². The maximum Gasteiger partial charge on any atom is 0.153 e.